The van der Waals surface area contributed by atoms with Crippen LogP contribution in [0.1, 0.15) is 26.7 Å². The Morgan fingerprint density at radius 3 is 2.87 bits per heavy atom. The minimum absolute atomic E-state index is 0.614. The van der Waals surface area contributed by atoms with Crippen molar-refractivity contribution >= 4 is 21.7 Å². The van der Waals surface area contributed by atoms with Gasteiger partial charge >= 0.3 is 0 Å². The van der Waals surface area contributed by atoms with E-state index in [1.165, 1.54) is 12.8 Å². The number of halogens is 1. The monoisotopic (exact) mass is 268 g/mol. The highest BCUT2D eigenvalue weighted by Crippen LogP contribution is 2.26. The molecule has 0 aliphatic carbocycles. The molecule has 0 radical (unpaired) electrons. The second-order valence-electron chi connectivity index (χ2n) is 4.50. The summed E-state index contributed by atoms with van der Waals surface area (Å²) >= 11 is 3.43. The Bertz CT molecular complexity index is 340. The van der Waals surface area contributed by atoms with E-state index in [2.05, 4.69) is 51.8 Å². The molecule has 1 aromatic heterocycles. The van der Waals surface area contributed by atoms with Gasteiger partial charge in [-0.3, -0.25) is 0 Å². The quantitative estimate of drug-likeness (QED) is 0.726. The van der Waals surface area contributed by atoms with Crippen molar-refractivity contribution in [1.29, 1.82) is 0 Å². The van der Waals surface area contributed by atoms with Crippen molar-refractivity contribution in [1.82, 2.24) is 4.98 Å². The number of hydrogen-bond acceptors (Lipinski definition) is 2. The largest absolute Gasteiger partial charge is 0.354 e. The molecule has 2 atom stereocenters. The number of rotatable bonds is 1. The Kier molecular flexibility index (Phi) is 3.29. The van der Waals surface area contributed by atoms with E-state index in [1.807, 2.05) is 6.07 Å². The molecule has 2 rings (SSSR count). The summed E-state index contributed by atoms with van der Waals surface area (Å²) in [6.07, 6.45) is 2.61. The van der Waals surface area contributed by atoms with Gasteiger partial charge in [-0.15, -0.1) is 0 Å². The molecule has 0 N–H and O–H groups in total. The normalized spacial score (nSPS) is 26.7. The minimum atomic E-state index is 0.614. The van der Waals surface area contributed by atoms with Crippen LogP contribution in [0.3, 0.4) is 0 Å². The van der Waals surface area contributed by atoms with Crippen LogP contribution in [0, 0.1) is 5.92 Å². The Labute approximate surface area is 99.8 Å². The van der Waals surface area contributed by atoms with Crippen LogP contribution in [0.25, 0.3) is 0 Å². The van der Waals surface area contributed by atoms with E-state index in [-0.39, 0.29) is 0 Å². The minimum Gasteiger partial charge on any atom is -0.354 e. The lowest BCUT2D eigenvalue weighted by atomic mass is 9.95. The Balaban J connectivity index is 2.21. The lowest BCUT2D eigenvalue weighted by Crippen LogP contribution is -2.41. The van der Waals surface area contributed by atoms with Gasteiger partial charge in [-0.25, -0.2) is 4.98 Å². The van der Waals surface area contributed by atoms with Crippen LogP contribution in [0.15, 0.2) is 22.8 Å². The maximum Gasteiger partial charge on any atom is 0.130 e. The number of anilines is 1. The van der Waals surface area contributed by atoms with Gasteiger partial charge in [-0.05, 0) is 53.7 Å². The van der Waals surface area contributed by atoms with Crippen molar-refractivity contribution in [2.24, 2.45) is 5.92 Å². The average molecular weight is 269 g/mol. The van der Waals surface area contributed by atoms with Gasteiger partial charge in [0.2, 0.25) is 0 Å². The predicted molar refractivity (Wildman–Crippen MR) is 67.1 cm³/mol. The zero-order valence-electron chi connectivity index (χ0n) is 9.28. The molecular weight excluding hydrogens is 252 g/mol. The molecule has 1 saturated heterocycles. The molecule has 1 fully saturated rings. The van der Waals surface area contributed by atoms with Crippen LogP contribution in [-0.2, 0) is 0 Å². The van der Waals surface area contributed by atoms with Crippen molar-refractivity contribution in [3.05, 3.63) is 22.8 Å². The molecule has 0 aromatic carbocycles. The van der Waals surface area contributed by atoms with E-state index in [9.17, 15) is 0 Å². The molecule has 0 saturated carbocycles. The van der Waals surface area contributed by atoms with Crippen molar-refractivity contribution < 1.29 is 0 Å². The van der Waals surface area contributed by atoms with Gasteiger partial charge in [0.15, 0.2) is 0 Å². The molecule has 15 heavy (non-hydrogen) atoms. The summed E-state index contributed by atoms with van der Waals surface area (Å²) in [5.41, 5.74) is 0. The molecule has 0 bridgehead atoms. The van der Waals surface area contributed by atoms with Crippen molar-refractivity contribution in [2.75, 3.05) is 11.4 Å². The highest BCUT2D eigenvalue weighted by atomic mass is 79.9. The standard InChI is InChI=1S/C12H17BrN2/c1-9-6-7-10(2)15(8-9)12-5-3-4-11(13)14-12/h3-5,9-10H,6-8H2,1-2H3. The second kappa shape index (κ2) is 4.52. The van der Waals surface area contributed by atoms with Crippen LogP contribution >= 0.6 is 15.9 Å². The van der Waals surface area contributed by atoms with Gasteiger partial charge in [0.05, 0.1) is 0 Å². The fourth-order valence-electron chi connectivity index (χ4n) is 2.17. The topological polar surface area (TPSA) is 16.1 Å². The number of piperidine rings is 1. The lowest BCUT2D eigenvalue weighted by molar-refractivity contribution is 0.388. The maximum atomic E-state index is 4.52. The molecular formula is C12H17BrN2. The van der Waals surface area contributed by atoms with Gasteiger partial charge in [-0.1, -0.05) is 13.0 Å². The lowest BCUT2D eigenvalue weighted by Gasteiger charge is -2.37. The van der Waals surface area contributed by atoms with E-state index in [4.69, 9.17) is 0 Å². The van der Waals surface area contributed by atoms with Crippen LogP contribution < -0.4 is 4.90 Å². The number of pyridine rings is 1. The summed E-state index contributed by atoms with van der Waals surface area (Å²) in [6, 6.07) is 6.74. The summed E-state index contributed by atoms with van der Waals surface area (Å²) in [5, 5.41) is 0. The third kappa shape index (κ3) is 2.51. The Morgan fingerprint density at radius 2 is 2.13 bits per heavy atom. The average Bonchev–Trinajstić information content (AvgIpc) is 2.22. The van der Waals surface area contributed by atoms with Crippen molar-refractivity contribution in [3.8, 4) is 0 Å². The van der Waals surface area contributed by atoms with Crippen LogP contribution in [0.2, 0.25) is 0 Å². The summed E-state index contributed by atoms with van der Waals surface area (Å²) in [7, 11) is 0. The zero-order chi connectivity index (χ0) is 10.8. The number of nitrogens with zero attached hydrogens (tertiary/aromatic N) is 2. The van der Waals surface area contributed by atoms with Gasteiger partial charge < -0.3 is 4.90 Å². The summed E-state index contributed by atoms with van der Waals surface area (Å²) in [4.78, 5) is 6.94. The molecule has 2 heterocycles. The summed E-state index contributed by atoms with van der Waals surface area (Å²) < 4.78 is 0.922. The summed E-state index contributed by atoms with van der Waals surface area (Å²) in [5.74, 6) is 1.88. The fraction of sp³-hybridized carbons (Fsp3) is 0.583. The van der Waals surface area contributed by atoms with Gasteiger partial charge in [0.25, 0.3) is 0 Å². The first-order chi connectivity index (χ1) is 7.16. The van der Waals surface area contributed by atoms with Crippen molar-refractivity contribution in [3.63, 3.8) is 0 Å². The molecule has 0 amide bonds. The second-order valence-corrected chi connectivity index (χ2v) is 5.31. The molecule has 0 spiro atoms. The van der Waals surface area contributed by atoms with Gasteiger partial charge in [0, 0.05) is 12.6 Å². The van der Waals surface area contributed by atoms with Crippen LogP contribution in [0.5, 0.6) is 0 Å². The first-order valence-corrected chi connectivity index (χ1v) is 6.35. The number of hydrogen-bond donors (Lipinski definition) is 0. The first kappa shape index (κ1) is 10.9. The highest BCUT2D eigenvalue weighted by Gasteiger charge is 2.23. The van der Waals surface area contributed by atoms with Crippen LogP contribution in [-0.4, -0.2) is 17.6 Å². The molecule has 2 unspecified atom stereocenters. The molecule has 3 heteroatoms. The van der Waals surface area contributed by atoms with Crippen molar-refractivity contribution in [2.45, 2.75) is 32.7 Å². The smallest absolute Gasteiger partial charge is 0.130 e. The Hall–Kier alpha value is -0.570. The molecule has 1 aliphatic heterocycles. The molecule has 2 nitrogen and oxygen atoms in total. The fourth-order valence-corrected chi connectivity index (χ4v) is 2.50. The van der Waals surface area contributed by atoms with Gasteiger partial charge in [-0.2, -0.15) is 0 Å². The van der Waals surface area contributed by atoms with E-state index >= 15 is 0 Å². The first-order valence-electron chi connectivity index (χ1n) is 5.56. The maximum absolute atomic E-state index is 4.52. The molecule has 1 aliphatic rings. The molecule has 1 aromatic rings. The predicted octanol–water partition coefficient (Wildman–Crippen LogP) is 3.47. The van der Waals surface area contributed by atoms with Crippen LogP contribution in [0.4, 0.5) is 5.82 Å². The van der Waals surface area contributed by atoms with Gasteiger partial charge in [0.1, 0.15) is 10.4 Å². The Morgan fingerprint density at radius 1 is 1.33 bits per heavy atom. The van der Waals surface area contributed by atoms with E-state index < -0.39 is 0 Å². The van der Waals surface area contributed by atoms with E-state index in [0.29, 0.717) is 6.04 Å². The highest BCUT2D eigenvalue weighted by molar-refractivity contribution is 9.10. The third-order valence-corrected chi connectivity index (χ3v) is 3.55. The van der Waals surface area contributed by atoms with E-state index in [0.717, 1.165) is 22.9 Å². The summed E-state index contributed by atoms with van der Waals surface area (Å²) in [6.45, 7) is 5.73. The third-order valence-electron chi connectivity index (χ3n) is 3.11. The zero-order valence-corrected chi connectivity index (χ0v) is 10.9. The molecule has 82 valence electrons. The van der Waals surface area contributed by atoms with E-state index in [1.54, 1.807) is 0 Å². The number of aromatic nitrogens is 1. The SMILES string of the molecule is CC1CCC(C)N(c2cccc(Br)n2)C1.